The summed E-state index contributed by atoms with van der Waals surface area (Å²) in [4.78, 5) is 19.1. The second kappa shape index (κ2) is 7.54. The SMILES string of the molecule is COCCN(Cc1ccccc1)C(=O)c1sc(Cl)nc1C. The quantitative estimate of drug-likeness (QED) is 0.818. The van der Waals surface area contributed by atoms with Crippen LogP contribution in [-0.4, -0.2) is 36.1 Å². The highest BCUT2D eigenvalue weighted by molar-refractivity contribution is 7.17. The number of carbonyl (C=O) groups excluding carboxylic acids is 1. The van der Waals surface area contributed by atoms with Gasteiger partial charge in [-0.05, 0) is 12.5 Å². The van der Waals surface area contributed by atoms with Crippen LogP contribution < -0.4 is 0 Å². The number of aromatic nitrogens is 1. The number of hydrogen-bond donors (Lipinski definition) is 0. The van der Waals surface area contributed by atoms with Crippen LogP contribution in [0.3, 0.4) is 0 Å². The van der Waals surface area contributed by atoms with E-state index in [2.05, 4.69) is 4.98 Å². The molecule has 6 heteroatoms. The highest BCUT2D eigenvalue weighted by Gasteiger charge is 2.21. The lowest BCUT2D eigenvalue weighted by Gasteiger charge is -2.22. The van der Waals surface area contributed by atoms with Crippen LogP contribution in [0.25, 0.3) is 0 Å². The fraction of sp³-hybridized carbons (Fsp3) is 0.333. The number of ether oxygens (including phenoxy) is 1. The topological polar surface area (TPSA) is 42.4 Å². The number of rotatable bonds is 6. The monoisotopic (exact) mass is 324 g/mol. The van der Waals surface area contributed by atoms with Gasteiger partial charge in [0.05, 0.1) is 12.3 Å². The number of methoxy groups -OCH3 is 1. The van der Waals surface area contributed by atoms with E-state index in [1.165, 1.54) is 11.3 Å². The number of hydrogen-bond acceptors (Lipinski definition) is 4. The summed E-state index contributed by atoms with van der Waals surface area (Å²) in [6.45, 7) is 3.36. The van der Waals surface area contributed by atoms with Crippen LogP contribution in [0.2, 0.25) is 4.47 Å². The zero-order chi connectivity index (χ0) is 15.2. The van der Waals surface area contributed by atoms with Gasteiger partial charge < -0.3 is 9.64 Å². The molecule has 2 aromatic rings. The molecule has 1 aromatic carbocycles. The Kier molecular flexibility index (Phi) is 5.73. The van der Waals surface area contributed by atoms with Gasteiger partial charge in [0.15, 0.2) is 4.47 Å². The summed E-state index contributed by atoms with van der Waals surface area (Å²) in [5, 5.41) is 0. The molecule has 2 rings (SSSR count). The number of thiazole rings is 1. The third kappa shape index (κ3) is 4.27. The zero-order valence-corrected chi connectivity index (χ0v) is 13.6. The van der Waals surface area contributed by atoms with Gasteiger partial charge in [-0.25, -0.2) is 4.98 Å². The number of benzene rings is 1. The smallest absolute Gasteiger partial charge is 0.266 e. The molecular formula is C15H17ClN2O2S. The van der Waals surface area contributed by atoms with Crippen molar-refractivity contribution in [1.29, 1.82) is 0 Å². The Morgan fingerprint density at radius 2 is 2.10 bits per heavy atom. The van der Waals surface area contributed by atoms with E-state index < -0.39 is 0 Å². The van der Waals surface area contributed by atoms with Crippen LogP contribution >= 0.6 is 22.9 Å². The Bertz CT molecular complexity index is 601. The lowest BCUT2D eigenvalue weighted by molar-refractivity contribution is 0.0684. The molecule has 1 heterocycles. The third-order valence-electron chi connectivity index (χ3n) is 3.03. The minimum Gasteiger partial charge on any atom is -0.383 e. The molecule has 0 atom stereocenters. The normalized spacial score (nSPS) is 10.6. The fourth-order valence-corrected chi connectivity index (χ4v) is 3.08. The van der Waals surface area contributed by atoms with Crippen LogP contribution in [0.1, 0.15) is 20.9 Å². The average Bonchev–Trinajstić information content (AvgIpc) is 2.82. The van der Waals surface area contributed by atoms with E-state index in [9.17, 15) is 4.79 Å². The number of nitrogens with zero attached hydrogens (tertiary/aromatic N) is 2. The van der Waals surface area contributed by atoms with E-state index in [0.717, 1.165) is 5.56 Å². The van der Waals surface area contributed by atoms with Gasteiger partial charge in [0.1, 0.15) is 4.88 Å². The van der Waals surface area contributed by atoms with Crippen LogP contribution in [0.15, 0.2) is 30.3 Å². The molecule has 0 fully saturated rings. The summed E-state index contributed by atoms with van der Waals surface area (Å²) in [7, 11) is 1.62. The van der Waals surface area contributed by atoms with Gasteiger partial charge in [-0.1, -0.05) is 53.3 Å². The first-order valence-corrected chi connectivity index (χ1v) is 7.76. The number of amides is 1. The fourth-order valence-electron chi connectivity index (χ4n) is 1.96. The lowest BCUT2D eigenvalue weighted by Crippen LogP contribution is -2.33. The van der Waals surface area contributed by atoms with E-state index >= 15 is 0 Å². The third-order valence-corrected chi connectivity index (χ3v) is 4.28. The molecule has 1 aromatic heterocycles. The van der Waals surface area contributed by atoms with Crippen LogP contribution in [-0.2, 0) is 11.3 Å². The Morgan fingerprint density at radius 3 is 2.67 bits per heavy atom. The van der Waals surface area contributed by atoms with Gasteiger partial charge in [-0.15, -0.1) is 0 Å². The maximum atomic E-state index is 12.7. The molecule has 0 N–H and O–H groups in total. The van der Waals surface area contributed by atoms with Crippen molar-refractivity contribution in [2.75, 3.05) is 20.3 Å². The molecule has 0 radical (unpaired) electrons. The lowest BCUT2D eigenvalue weighted by atomic mass is 10.2. The summed E-state index contributed by atoms with van der Waals surface area (Å²) >= 11 is 7.11. The molecule has 4 nitrogen and oxygen atoms in total. The van der Waals surface area contributed by atoms with Crippen molar-refractivity contribution in [3.8, 4) is 0 Å². The molecule has 0 spiro atoms. The molecule has 0 bridgehead atoms. The van der Waals surface area contributed by atoms with Crippen LogP contribution in [0.5, 0.6) is 0 Å². The number of aryl methyl sites for hydroxylation is 1. The van der Waals surface area contributed by atoms with Crippen LogP contribution in [0, 0.1) is 6.92 Å². The molecule has 0 saturated carbocycles. The van der Waals surface area contributed by atoms with Gasteiger partial charge in [0.2, 0.25) is 0 Å². The van der Waals surface area contributed by atoms with Crippen molar-refractivity contribution in [3.63, 3.8) is 0 Å². The van der Waals surface area contributed by atoms with E-state index in [1.807, 2.05) is 30.3 Å². The van der Waals surface area contributed by atoms with E-state index in [4.69, 9.17) is 16.3 Å². The van der Waals surface area contributed by atoms with Crippen molar-refractivity contribution in [1.82, 2.24) is 9.88 Å². The molecule has 1 amide bonds. The molecule has 0 aliphatic rings. The molecule has 0 unspecified atom stereocenters. The maximum absolute atomic E-state index is 12.7. The number of halogens is 1. The second-order valence-electron chi connectivity index (χ2n) is 4.59. The summed E-state index contributed by atoms with van der Waals surface area (Å²) in [6.07, 6.45) is 0. The Morgan fingerprint density at radius 1 is 1.38 bits per heavy atom. The summed E-state index contributed by atoms with van der Waals surface area (Å²) in [5.74, 6) is -0.0576. The van der Waals surface area contributed by atoms with E-state index in [-0.39, 0.29) is 5.91 Å². The Balaban J connectivity index is 2.19. The van der Waals surface area contributed by atoms with Gasteiger partial charge >= 0.3 is 0 Å². The van der Waals surface area contributed by atoms with E-state index in [0.29, 0.717) is 34.7 Å². The predicted octanol–water partition coefficient (Wildman–Crippen LogP) is 3.39. The van der Waals surface area contributed by atoms with Crippen molar-refractivity contribution >= 4 is 28.8 Å². The summed E-state index contributed by atoms with van der Waals surface area (Å²) in [6, 6.07) is 9.88. The molecular weight excluding hydrogens is 308 g/mol. The summed E-state index contributed by atoms with van der Waals surface area (Å²) < 4.78 is 5.49. The van der Waals surface area contributed by atoms with Gasteiger partial charge in [0, 0.05) is 20.2 Å². The maximum Gasteiger partial charge on any atom is 0.266 e. The average molecular weight is 325 g/mol. The largest absolute Gasteiger partial charge is 0.383 e. The molecule has 21 heavy (non-hydrogen) atoms. The Hall–Kier alpha value is -1.43. The minimum absolute atomic E-state index is 0.0576. The first kappa shape index (κ1) is 15.9. The molecule has 0 aliphatic heterocycles. The highest BCUT2D eigenvalue weighted by Crippen LogP contribution is 2.24. The van der Waals surface area contributed by atoms with Crippen molar-refractivity contribution < 1.29 is 9.53 Å². The Labute approximate surface area is 133 Å². The minimum atomic E-state index is -0.0576. The number of carbonyl (C=O) groups is 1. The first-order valence-electron chi connectivity index (χ1n) is 6.57. The predicted molar refractivity (Wildman–Crippen MR) is 84.9 cm³/mol. The van der Waals surface area contributed by atoms with E-state index in [1.54, 1.807) is 18.9 Å². The van der Waals surface area contributed by atoms with Gasteiger partial charge in [-0.3, -0.25) is 4.79 Å². The van der Waals surface area contributed by atoms with Gasteiger partial charge in [-0.2, -0.15) is 0 Å². The molecule has 112 valence electrons. The van der Waals surface area contributed by atoms with Crippen LogP contribution in [0.4, 0.5) is 0 Å². The zero-order valence-electron chi connectivity index (χ0n) is 12.0. The van der Waals surface area contributed by atoms with Crippen molar-refractivity contribution in [2.45, 2.75) is 13.5 Å². The van der Waals surface area contributed by atoms with Crippen molar-refractivity contribution in [3.05, 3.63) is 50.9 Å². The van der Waals surface area contributed by atoms with Crippen molar-refractivity contribution in [2.24, 2.45) is 0 Å². The molecule has 0 aliphatic carbocycles. The highest BCUT2D eigenvalue weighted by atomic mass is 35.5. The first-order chi connectivity index (χ1) is 10.1. The standard InChI is InChI=1S/C15H17ClN2O2S/c1-11-13(21-15(16)17-11)14(19)18(8-9-20-2)10-12-6-4-3-5-7-12/h3-7H,8-10H2,1-2H3. The second-order valence-corrected chi connectivity index (χ2v) is 6.17. The summed E-state index contributed by atoms with van der Waals surface area (Å²) in [5.41, 5.74) is 1.75. The molecule has 0 saturated heterocycles. The van der Waals surface area contributed by atoms with Gasteiger partial charge in [0.25, 0.3) is 5.91 Å².